The molecule has 1 unspecified atom stereocenters. The van der Waals surface area contributed by atoms with Crippen molar-refractivity contribution in [2.75, 3.05) is 10.6 Å². The first-order valence-corrected chi connectivity index (χ1v) is 8.04. The van der Waals surface area contributed by atoms with Crippen molar-refractivity contribution in [3.63, 3.8) is 0 Å². The fraction of sp³-hybridized carbons (Fsp3) is 0.235. The molecule has 0 saturated heterocycles. The zero-order valence-electron chi connectivity index (χ0n) is 12.1. The van der Waals surface area contributed by atoms with Crippen molar-refractivity contribution in [2.24, 2.45) is 0 Å². The van der Waals surface area contributed by atoms with E-state index in [0.717, 1.165) is 38.1 Å². The van der Waals surface area contributed by atoms with Gasteiger partial charge in [0.2, 0.25) is 0 Å². The Hall–Kier alpha value is -1.56. The van der Waals surface area contributed by atoms with Crippen LogP contribution in [0, 0.1) is 10.5 Å². The molecule has 1 atom stereocenters. The summed E-state index contributed by atoms with van der Waals surface area (Å²) in [6, 6.07) is 11.8. The molecule has 0 aliphatic carbocycles. The molecular formula is C17H17IN2O. The standard InChI is InChI=1S/C17H17IN2O/c1-10-4-3-5-14(16(10)18)17(21)20-11(2)8-12-9-13(19)6-7-15(12)20/h3-7,9,11H,8,19H2,1-2H3. The molecule has 0 spiro atoms. The molecule has 2 aromatic rings. The summed E-state index contributed by atoms with van der Waals surface area (Å²) in [6.07, 6.45) is 0.856. The minimum atomic E-state index is 0.0686. The number of fused-ring (bicyclic) bond motifs is 1. The number of aryl methyl sites for hydroxylation is 1. The smallest absolute Gasteiger partial charge is 0.259 e. The number of hydrogen-bond donors (Lipinski definition) is 1. The van der Waals surface area contributed by atoms with E-state index in [0.29, 0.717) is 0 Å². The predicted molar refractivity (Wildman–Crippen MR) is 94.7 cm³/mol. The third-order valence-corrected chi connectivity index (χ3v) is 5.39. The molecule has 3 rings (SSSR count). The summed E-state index contributed by atoms with van der Waals surface area (Å²) in [5.74, 6) is 0.0686. The van der Waals surface area contributed by atoms with Gasteiger partial charge in [0.1, 0.15) is 0 Å². The third kappa shape index (κ3) is 2.41. The van der Waals surface area contributed by atoms with Crippen molar-refractivity contribution in [3.8, 4) is 0 Å². The number of nitrogens with zero attached hydrogens (tertiary/aromatic N) is 1. The van der Waals surface area contributed by atoms with Crippen molar-refractivity contribution in [1.82, 2.24) is 0 Å². The van der Waals surface area contributed by atoms with Gasteiger partial charge in [-0.25, -0.2) is 0 Å². The van der Waals surface area contributed by atoms with Crippen molar-refractivity contribution in [1.29, 1.82) is 0 Å². The van der Waals surface area contributed by atoms with Gasteiger partial charge in [0.15, 0.2) is 0 Å². The number of amides is 1. The van der Waals surface area contributed by atoms with Crippen LogP contribution < -0.4 is 10.6 Å². The lowest BCUT2D eigenvalue weighted by Gasteiger charge is -2.23. The van der Waals surface area contributed by atoms with Crippen LogP contribution in [-0.2, 0) is 6.42 Å². The van der Waals surface area contributed by atoms with Crippen LogP contribution in [0.2, 0.25) is 0 Å². The Labute approximate surface area is 138 Å². The number of halogens is 1. The zero-order valence-corrected chi connectivity index (χ0v) is 14.2. The highest BCUT2D eigenvalue weighted by Gasteiger charge is 2.32. The number of carbonyl (C=O) groups excluding carboxylic acids is 1. The highest BCUT2D eigenvalue weighted by Crippen LogP contribution is 2.35. The molecule has 1 heterocycles. The van der Waals surface area contributed by atoms with E-state index in [9.17, 15) is 4.79 Å². The van der Waals surface area contributed by atoms with E-state index in [1.54, 1.807) is 0 Å². The molecular weight excluding hydrogens is 375 g/mol. The fourth-order valence-electron chi connectivity index (χ4n) is 2.90. The molecule has 0 saturated carbocycles. The second kappa shape index (κ2) is 5.33. The Morgan fingerprint density at radius 2 is 2.10 bits per heavy atom. The quantitative estimate of drug-likeness (QED) is 0.593. The van der Waals surface area contributed by atoms with Crippen molar-refractivity contribution < 1.29 is 4.79 Å². The predicted octanol–water partition coefficient (Wildman–Crippen LogP) is 3.77. The van der Waals surface area contributed by atoms with Gasteiger partial charge in [-0.15, -0.1) is 0 Å². The number of hydrogen-bond acceptors (Lipinski definition) is 2. The van der Waals surface area contributed by atoms with Crippen LogP contribution in [0.25, 0.3) is 0 Å². The van der Waals surface area contributed by atoms with E-state index in [1.807, 2.05) is 48.2 Å². The normalized spacial score (nSPS) is 16.9. The number of benzene rings is 2. The monoisotopic (exact) mass is 392 g/mol. The minimum absolute atomic E-state index is 0.0686. The molecule has 0 aromatic heterocycles. The Morgan fingerprint density at radius 1 is 1.33 bits per heavy atom. The first-order valence-electron chi connectivity index (χ1n) is 6.96. The second-order valence-electron chi connectivity index (χ2n) is 5.55. The number of nitrogen functional groups attached to an aromatic ring is 1. The van der Waals surface area contributed by atoms with Gasteiger partial charge < -0.3 is 10.6 Å². The topological polar surface area (TPSA) is 46.3 Å². The molecule has 0 radical (unpaired) electrons. The fourth-order valence-corrected chi connectivity index (χ4v) is 3.49. The maximum Gasteiger partial charge on any atom is 0.259 e. The van der Waals surface area contributed by atoms with Gasteiger partial charge >= 0.3 is 0 Å². The minimum Gasteiger partial charge on any atom is -0.399 e. The summed E-state index contributed by atoms with van der Waals surface area (Å²) >= 11 is 2.25. The maximum absolute atomic E-state index is 13.0. The van der Waals surface area contributed by atoms with E-state index in [-0.39, 0.29) is 11.9 Å². The number of anilines is 2. The van der Waals surface area contributed by atoms with Gasteiger partial charge in [0.25, 0.3) is 5.91 Å². The number of nitrogens with two attached hydrogens (primary N) is 1. The van der Waals surface area contributed by atoms with Gasteiger partial charge in [-0.05, 0) is 78.3 Å². The number of carbonyl (C=O) groups is 1. The van der Waals surface area contributed by atoms with Crippen molar-refractivity contribution in [3.05, 3.63) is 56.7 Å². The van der Waals surface area contributed by atoms with Crippen molar-refractivity contribution >= 4 is 39.9 Å². The molecule has 4 heteroatoms. The first kappa shape index (κ1) is 14.4. The average Bonchev–Trinajstić information content (AvgIpc) is 2.76. The summed E-state index contributed by atoms with van der Waals surface area (Å²) < 4.78 is 1.02. The van der Waals surface area contributed by atoms with Gasteiger partial charge in [0, 0.05) is 21.0 Å². The summed E-state index contributed by atoms with van der Waals surface area (Å²) in [6.45, 7) is 4.11. The lowest BCUT2D eigenvalue weighted by Crippen LogP contribution is -2.36. The molecule has 2 aromatic carbocycles. The Bertz CT molecular complexity index is 727. The van der Waals surface area contributed by atoms with Gasteiger partial charge in [0.05, 0.1) is 5.56 Å². The van der Waals surface area contributed by atoms with Gasteiger partial charge in [-0.1, -0.05) is 12.1 Å². The Balaban J connectivity index is 2.05. The van der Waals surface area contributed by atoms with Crippen LogP contribution in [0.5, 0.6) is 0 Å². The molecule has 1 aliphatic heterocycles. The summed E-state index contributed by atoms with van der Waals surface area (Å²) in [7, 11) is 0. The Kier molecular flexibility index (Phi) is 3.65. The molecule has 1 aliphatic rings. The average molecular weight is 392 g/mol. The first-order chi connectivity index (χ1) is 9.99. The highest BCUT2D eigenvalue weighted by molar-refractivity contribution is 14.1. The lowest BCUT2D eigenvalue weighted by molar-refractivity contribution is 0.0980. The van der Waals surface area contributed by atoms with Crippen molar-refractivity contribution in [2.45, 2.75) is 26.3 Å². The SMILES string of the molecule is Cc1cccc(C(=O)N2c3ccc(N)cc3CC2C)c1I. The number of rotatable bonds is 1. The zero-order chi connectivity index (χ0) is 15.1. The van der Waals surface area contributed by atoms with Gasteiger partial charge in [-0.2, -0.15) is 0 Å². The second-order valence-corrected chi connectivity index (χ2v) is 6.63. The third-order valence-electron chi connectivity index (χ3n) is 3.96. The van der Waals surface area contributed by atoms with Gasteiger partial charge in [-0.3, -0.25) is 4.79 Å². The molecule has 21 heavy (non-hydrogen) atoms. The maximum atomic E-state index is 13.0. The van der Waals surface area contributed by atoms with E-state index in [4.69, 9.17) is 5.73 Å². The van der Waals surface area contributed by atoms with Crippen LogP contribution in [0.3, 0.4) is 0 Å². The van der Waals surface area contributed by atoms with E-state index < -0.39 is 0 Å². The summed E-state index contributed by atoms with van der Waals surface area (Å²) in [5, 5.41) is 0. The lowest BCUT2D eigenvalue weighted by atomic mass is 10.1. The molecule has 0 fully saturated rings. The molecule has 2 N–H and O–H groups in total. The van der Waals surface area contributed by atoms with E-state index in [2.05, 4.69) is 29.5 Å². The molecule has 108 valence electrons. The van der Waals surface area contributed by atoms with E-state index in [1.165, 1.54) is 0 Å². The van der Waals surface area contributed by atoms with Crippen LogP contribution >= 0.6 is 22.6 Å². The van der Waals surface area contributed by atoms with Crippen LogP contribution in [-0.4, -0.2) is 11.9 Å². The van der Waals surface area contributed by atoms with Crippen LogP contribution in [0.4, 0.5) is 11.4 Å². The molecule has 0 bridgehead atoms. The largest absolute Gasteiger partial charge is 0.399 e. The molecule has 3 nitrogen and oxygen atoms in total. The van der Waals surface area contributed by atoms with Crippen LogP contribution in [0.1, 0.15) is 28.4 Å². The molecule has 1 amide bonds. The summed E-state index contributed by atoms with van der Waals surface area (Å²) in [4.78, 5) is 14.9. The van der Waals surface area contributed by atoms with E-state index >= 15 is 0 Å². The van der Waals surface area contributed by atoms with Crippen LogP contribution in [0.15, 0.2) is 36.4 Å². The highest BCUT2D eigenvalue weighted by atomic mass is 127. The Morgan fingerprint density at radius 3 is 2.86 bits per heavy atom. The summed E-state index contributed by atoms with van der Waals surface area (Å²) in [5.41, 5.74) is 10.6.